The number of rotatable bonds is 1. The summed E-state index contributed by atoms with van der Waals surface area (Å²) in [6.45, 7) is 1.44. The maximum absolute atomic E-state index is 9.24. The number of aryl methyl sites for hydroxylation is 1. The molecule has 2 aromatic heterocycles. The van der Waals surface area contributed by atoms with Gasteiger partial charge in [-0.1, -0.05) is 0 Å². The van der Waals surface area contributed by atoms with Crippen LogP contribution in [0.2, 0.25) is 0 Å². The smallest absolute Gasteiger partial charge is 0.0889 e. The molecule has 0 atom stereocenters. The number of pyridine rings is 1. The molecule has 1 N–H and O–H groups in total. The summed E-state index contributed by atoms with van der Waals surface area (Å²) in [6, 6.07) is 4.12. The third-order valence-corrected chi connectivity index (χ3v) is 2.95. The lowest BCUT2D eigenvalue weighted by atomic mass is 10.1. The second-order valence-corrected chi connectivity index (χ2v) is 4.08. The first kappa shape index (κ1) is 8.73. The number of fused-ring (bicyclic) bond motifs is 1. The number of hydrogen-bond donors (Lipinski definition) is 1. The Morgan fingerprint density at radius 3 is 3.00 bits per heavy atom. The van der Waals surface area contributed by atoms with Crippen LogP contribution >= 0.6 is 0 Å². The van der Waals surface area contributed by atoms with Crippen molar-refractivity contribution < 1.29 is 5.11 Å². The molecule has 4 heteroatoms. The maximum atomic E-state index is 9.24. The third kappa shape index (κ3) is 1.29. The highest BCUT2D eigenvalue weighted by Crippen LogP contribution is 2.23. The normalized spacial score (nSPS) is 17.1. The molecule has 1 aliphatic rings. The average molecular weight is 203 g/mol. The van der Waals surface area contributed by atoms with Crippen molar-refractivity contribution in [1.82, 2.24) is 9.55 Å². The van der Waals surface area contributed by atoms with Crippen molar-refractivity contribution in [2.75, 3.05) is 18.0 Å². The molecule has 3 heterocycles. The van der Waals surface area contributed by atoms with Gasteiger partial charge in [0.25, 0.3) is 0 Å². The number of nitrogens with zero attached hydrogens (tertiary/aromatic N) is 3. The zero-order chi connectivity index (χ0) is 10.4. The first-order chi connectivity index (χ1) is 7.24. The molecule has 15 heavy (non-hydrogen) atoms. The summed E-state index contributed by atoms with van der Waals surface area (Å²) in [5, 5.41) is 9.24. The van der Waals surface area contributed by atoms with Crippen LogP contribution in [0.3, 0.4) is 0 Å². The van der Waals surface area contributed by atoms with Crippen molar-refractivity contribution in [3.8, 4) is 0 Å². The van der Waals surface area contributed by atoms with E-state index in [4.69, 9.17) is 0 Å². The van der Waals surface area contributed by atoms with E-state index in [-0.39, 0.29) is 6.10 Å². The Hall–Kier alpha value is -1.55. The summed E-state index contributed by atoms with van der Waals surface area (Å²) >= 11 is 0. The van der Waals surface area contributed by atoms with E-state index in [1.165, 1.54) is 0 Å². The van der Waals surface area contributed by atoms with Gasteiger partial charge in [0.1, 0.15) is 0 Å². The van der Waals surface area contributed by atoms with E-state index in [2.05, 4.69) is 20.5 Å². The first-order valence-corrected chi connectivity index (χ1v) is 5.08. The zero-order valence-electron chi connectivity index (χ0n) is 8.59. The lowest BCUT2D eigenvalue weighted by molar-refractivity contribution is 0.142. The van der Waals surface area contributed by atoms with Crippen LogP contribution in [0.4, 0.5) is 5.69 Å². The maximum Gasteiger partial charge on any atom is 0.0889 e. The molecule has 0 aromatic carbocycles. The average Bonchev–Trinajstić information content (AvgIpc) is 2.56. The van der Waals surface area contributed by atoms with Gasteiger partial charge in [0.2, 0.25) is 0 Å². The predicted octanol–water partition coefficient (Wildman–Crippen LogP) is 0.754. The van der Waals surface area contributed by atoms with Crippen LogP contribution < -0.4 is 4.90 Å². The van der Waals surface area contributed by atoms with Crippen LogP contribution in [0.25, 0.3) is 11.0 Å². The summed E-state index contributed by atoms with van der Waals surface area (Å²) in [6.07, 6.45) is 3.70. The van der Waals surface area contributed by atoms with E-state index >= 15 is 0 Å². The predicted molar refractivity (Wildman–Crippen MR) is 58.9 cm³/mol. The molecule has 2 aromatic rings. The van der Waals surface area contributed by atoms with Gasteiger partial charge in [-0.05, 0) is 12.1 Å². The fourth-order valence-electron chi connectivity index (χ4n) is 1.97. The molecule has 0 amide bonds. The largest absolute Gasteiger partial charge is 0.389 e. The molecular weight excluding hydrogens is 190 g/mol. The van der Waals surface area contributed by atoms with E-state index in [0.29, 0.717) is 0 Å². The van der Waals surface area contributed by atoms with Crippen molar-refractivity contribution in [3.05, 3.63) is 24.5 Å². The Morgan fingerprint density at radius 1 is 1.47 bits per heavy atom. The number of β-amino-alcohol motifs (C(OH)–C–C–N with tert-alkyl or cyclic N) is 1. The highest BCUT2D eigenvalue weighted by Gasteiger charge is 2.24. The quantitative estimate of drug-likeness (QED) is 0.743. The molecule has 78 valence electrons. The Bertz CT molecular complexity index is 500. The van der Waals surface area contributed by atoms with Gasteiger partial charge in [0, 0.05) is 26.3 Å². The number of hydrogen-bond acceptors (Lipinski definition) is 3. The minimum atomic E-state index is -0.172. The van der Waals surface area contributed by atoms with Crippen LogP contribution in [-0.2, 0) is 7.05 Å². The van der Waals surface area contributed by atoms with Crippen LogP contribution in [0.15, 0.2) is 24.5 Å². The molecule has 0 aliphatic carbocycles. The van der Waals surface area contributed by atoms with Gasteiger partial charge >= 0.3 is 0 Å². The second-order valence-electron chi connectivity index (χ2n) is 4.08. The summed E-state index contributed by atoms with van der Waals surface area (Å²) in [4.78, 5) is 6.51. The van der Waals surface area contributed by atoms with Gasteiger partial charge in [0.05, 0.1) is 29.0 Å². The van der Waals surface area contributed by atoms with Gasteiger partial charge in [-0.2, -0.15) is 0 Å². The Morgan fingerprint density at radius 2 is 2.27 bits per heavy atom. The Balaban J connectivity index is 2.02. The first-order valence-electron chi connectivity index (χ1n) is 5.08. The van der Waals surface area contributed by atoms with Gasteiger partial charge in [0.15, 0.2) is 0 Å². The molecule has 0 radical (unpaired) electrons. The fourth-order valence-corrected chi connectivity index (χ4v) is 1.97. The molecule has 1 saturated heterocycles. The van der Waals surface area contributed by atoms with E-state index in [0.717, 1.165) is 29.8 Å². The van der Waals surface area contributed by atoms with E-state index in [1.807, 2.05) is 25.5 Å². The minimum absolute atomic E-state index is 0.172. The standard InChI is InChI=1S/C11H13N3O/c1-13-3-2-10-11(13)4-8(5-12-10)14-6-9(15)7-14/h2-5,9,15H,6-7H2,1H3. The van der Waals surface area contributed by atoms with E-state index in [9.17, 15) is 5.11 Å². The Kier molecular flexibility index (Phi) is 1.73. The SMILES string of the molecule is Cn1ccc2ncc(N3CC(O)C3)cc21. The van der Waals surface area contributed by atoms with Crippen LogP contribution in [0.5, 0.6) is 0 Å². The van der Waals surface area contributed by atoms with E-state index in [1.54, 1.807) is 0 Å². The van der Waals surface area contributed by atoms with Gasteiger partial charge in [-0.25, -0.2) is 0 Å². The number of aliphatic hydroxyl groups is 1. The highest BCUT2D eigenvalue weighted by molar-refractivity contribution is 5.79. The van der Waals surface area contributed by atoms with Crippen molar-refractivity contribution in [1.29, 1.82) is 0 Å². The van der Waals surface area contributed by atoms with Gasteiger partial charge in [-0.3, -0.25) is 4.98 Å². The highest BCUT2D eigenvalue weighted by atomic mass is 16.3. The minimum Gasteiger partial charge on any atom is -0.389 e. The lowest BCUT2D eigenvalue weighted by Gasteiger charge is -2.37. The fraction of sp³-hybridized carbons (Fsp3) is 0.364. The topological polar surface area (TPSA) is 41.3 Å². The molecule has 0 unspecified atom stereocenters. The molecule has 0 saturated carbocycles. The van der Waals surface area contributed by atoms with Crippen molar-refractivity contribution >= 4 is 16.7 Å². The van der Waals surface area contributed by atoms with Crippen LogP contribution in [0, 0.1) is 0 Å². The molecule has 4 nitrogen and oxygen atoms in total. The van der Waals surface area contributed by atoms with Crippen molar-refractivity contribution in [2.45, 2.75) is 6.10 Å². The molecular formula is C11H13N3O. The van der Waals surface area contributed by atoms with Crippen LogP contribution in [-0.4, -0.2) is 33.9 Å². The summed E-state index contributed by atoms with van der Waals surface area (Å²) in [5.41, 5.74) is 3.24. The monoisotopic (exact) mass is 203 g/mol. The summed E-state index contributed by atoms with van der Waals surface area (Å²) in [7, 11) is 2.01. The van der Waals surface area contributed by atoms with Gasteiger partial charge in [-0.15, -0.1) is 0 Å². The molecule has 3 rings (SSSR count). The molecule has 1 fully saturated rings. The molecule has 1 aliphatic heterocycles. The number of aliphatic hydroxyl groups excluding tert-OH is 1. The van der Waals surface area contributed by atoms with Crippen LogP contribution in [0.1, 0.15) is 0 Å². The lowest BCUT2D eigenvalue weighted by Crippen LogP contribution is -2.50. The second kappa shape index (κ2) is 2.97. The summed E-state index contributed by atoms with van der Waals surface area (Å²) < 4.78 is 2.06. The van der Waals surface area contributed by atoms with Gasteiger partial charge < -0.3 is 14.6 Å². The van der Waals surface area contributed by atoms with Crippen molar-refractivity contribution in [3.63, 3.8) is 0 Å². The zero-order valence-corrected chi connectivity index (χ0v) is 8.59. The third-order valence-electron chi connectivity index (χ3n) is 2.95. The van der Waals surface area contributed by atoms with Crippen molar-refractivity contribution in [2.24, 2.45) is 7.05 Å². The molecule has 0 spiro atoms. The summed E-state index contributed by atoms with van der Waals surface area (Å²) in [5.74, 6) is 0. The van der Waals surface area contributed by atoms with E-state index < -0.39 is 0 Å². The molecule has 0 bridgehead atoms. The number of anilines is 1. The Labute approximate surface area is 87.8 Å². The number of aromatic nitrogens is 2.